The lowest BCUT2D eigenvalue weighted by molar-refractivity contribution is -0.111. The number of hydrogen-bond donors (Lipinski definition) is 1. The van der Waals surface area contributed by atoms with Crippen molar-refractivity contribution in [3.63, 3.8) is 0 Å². The van der Waals surface area contributed by atoms with Gasteiger partial charge in [0.05, 0.1) is 20.3 Å². The first-order valence-electron chi connectivity index (χ1n) is 11.4. The summed E-state index contributed by atoms with van der Waals surface area (Å²) in [5.74, 6) is 0.269. The second-order valence-corrected chi connectivity index (χ2v) is 10.5. The number of anilines is 1. The van der Waals surface area contributed by atoms with Crippen molar-refractivity contribution in [2.24, 2.45) is 0 Å². The number of nitrogens with zero attached hydrogens (tertiary/aromatic N) is 2. The second-order valence-electron chi connectivity index (χ2n) is 8.17. The summed E-state index contributed by atoms with van der Waals surface area (Å²) in [6.45, 7) is 0. The van der Waals surface area contributed by atoms with Gasteiger partial charge in [0.15, 0.2) is 5.57 Å². The van der Waals surface area contributed by atoms with E-state index in [0.717, 1.165) is 16.9 Å². The Hall–Kier alpha value is -4.06. The molecule has 2 aromatic heterocycles. The molecule has 1 N–H and O–H groups in total. The molecule has 0 bridgehead atoms. The average Bonchev–Trinajstić information content (AvgIpc) is 3.51. The molecule has 1 amide bonds. The summed E-state index contributed by atoms with van der Waals surface area (Å²) in [7, 11) is 0. The van der Waals surface area contributed by atoms with Gasteiger partial charge in [0, 0.05) is 22.3 Å². The van der Waals surface area contributed by atoms with E-state index in [2.05, 4.69) is 5.32 Å². The molecule has 0 radical (unpaired) electrons. The van der Waals surface area contributed by atoms with E-state index in [1.54, 1.807) is 84.9 Å². The van der Waals surface area contributed by atoms with Crippen LogP contribution in [-0.4, -0.2) is 10.5 Å². The first kappa shape index (κ1) is 26.5. The number of furan rings is 1. The lowest BCUT2D eigenvalue weighted by Gasteiger charge is -2.06. The highest BCUT2D eigenvalue weighted by molar-refractivity contribution is 7.07. The molecule has 0 fully saturated rings. The van der Waals surface area contributed by atoms with Gasteiger partial charge in [0.1, 0.15) is 22.3 Å². The van der Waals surface area contributed by atoms with Gasteiger partial charge in [-0.3, -0.25) is 14.2 Å². The fraction of sp³-hybridized carbons (Fsp3) is 0. The SMILES string of the molecule is N#CC(C(=O)Nc1cccc(Cl)c1)=c1sc(=Cc2ccc(-c3ccc(Cl)c(Cl)c3)o2)c(=O)n1-c1ccccc1. The molecule has 10 heteroatoms. The number of aromatic nitrogens is 1. The average molecular weight is 593 g/mol. The van der Waals surface area contributed by atoms with Crippen LogP contribution in [0, 0.1) is 11.3 Å². The zero-order chi connectivity index (χ0) is 27.5. The quantitative estimate of drug-likeness (QED) is 0.261. The van der Waals surface area contributed by atoms with Crippen molar-refractivity contribution in [1.82, 2.24) is 4.57 Å². The Labute approximate surface area is 241 Å². The first-order valence-corrected chi connectivity index (χ1v) is 13.3. The minimum atomic E-state index is -0.669. The highest BCUT2D eigenvalue weighted by Crippen LogP contribution is 2.29. The number of thiazole rings is 1. The third-order valence-electron chi connectivity index (χ3n) is 5.58. The Morgan fingerprint density at radius 2 is 1.74 bits per heavy atom. The molecule has 2 heterocycles. The summed E-state index contributed by atoms with van der Waals surface area (Å²) < 4.78 is 7.73. The molecule has 6 nitrogen and oxygen atoms in total. The van der Waals surface area contributed by atoms with Crippen LogP contribution in [0.1, 0.15) is 5.76 Å². The Balaban J connectivity index is 1.65. The maximum Gasteiger partial charge on any atom is 0.273 e. The minimum Gasteiger partial charge on any atom is -0.457 e. The van der Waals surface area contributed by atoms with Crippen LogP contribution >= 0.6 is 46.1 Å². The van der Waals surface area contributed by atoms with Gasteiger partial charge in [-0.1, -0.05) is 59.1 Å². The molecule has 0 aliphatic heterocycles. The van der Waals surface area contributed by atoms with Crippen LogP contribution in [0.4, 0.5) is 5.69 Å². The normalized spacial score (nSPS) is 12.2. The number of halogens is 3. The third kappa shape index (κ3) is 5.70. The zero-order valence-corrected chi connectivity index (χ0v) is 22.9. The summed E-state index contributed by atoms with van der Waals surface area (Å²) in [5, 5.41) is 13.9. The molecule has 0 atom stereocenters. The lowest BCUT2D eigenvalue weighted by atomic mass is 10.2. The van der Waals surface area contributed by atoms with Crippen molar-refractivity contribution in [2.75, 3.05) is 5.32 Å². The number of para-hydroxylation sites is 1. The number of amides is 1. The van der Waals surface area contributed by atoms with Gasteiger partial charge in [0.25, 0.3) is 11.5 Å². The van der Waals surface area contributed by atoms with E-state index >= 15 is 0 Å². The van der Waals surface area contributed by atoms with Crippen LogP contribution in [0.25, 0.3) is 28.7 Å². The number of benzene rings is 3. The molecular formula is C29H16Cl3N3O3S. The van der Waals surface area contributed by atoms with Crippen LogP contribution in [0.5, 0.6) is 0 Å². The van der Waals surface area contributed by atoms with Crippen LogP contribution in [-0.2, 0) is 4.79 Å². The lowest BCUT2D eigenvalue weighted by Crippen LogP contribution is -2.32. The molecular weight excluding hydrogens is 577 g/mol. The van der Waals surface area contributed by atoms with E-state index in [4.69, 9.17) is 39.2 Å². The number of nitriles is 1. The van der Waals surface area contributed by atoms with E-state index < -0.39 is 11.5 Å². The molecule has 39 heavy (non-hydrogen) atoms. The maximum atomic E-state index is 13.6. The fourth-order valence-electron chi connectivity index (χ4n) is 3.78. The third-order valence-corrected chi connectivity index (χ3v) is 7.64. The van der Waals surface area contributed by atoms with E-state index in [0.29, 0.717) is 38.0 Å². The maximum absolute atomic E-state index is 13.6. The predicted octanol–water partition coefficient (Wildman–Crippen LogP) is 6.26. The smallest absolute Gasteiger partial charge is 0.273 e. The highest BCUT2D eigenvalue weighted by atomic mass is 35.5. The Morgan fingerprint density at radius 3 is 2.46 bits per heavy atom. The summed E-state index contributed by atoms with van der Waals surface area (Å²) >= 11 is 19.2. The standard InChI is InChI=1S/C29H16Cl3N3O3S/c30-18-5-4-6-19(14-18)34-27(36)22(16-33)29-35(20-7-2-1-3-8-20)28(37)26(39-29)15-21-10-12-25(38-21)17-9-11-23(31)24(32)13-17/h1-15H,(H,34,36). The molecule has 5 rings (SSSR count). The number of nitrogens with one attached hydrogen (secondary N) is 1. The van der Waals surface area contributed by atoms with Crippen molar-refractivity contribution in [1.29, 1.82) is 5.26 Å². The van der Waals surface area contributed by atoms with Gasteiger partial charge in [-0.15, -0.1) is 11.3 Å². The largest absolute Gasteiger partial charge is 0.457 e. The molecule has 0 spiro atoms. The molecule has 0 saturated heterocycles. The predicted molar refractivity (Wildman–Crippen MR) is 156 cm³/mol. The Morgan fingerprint density at radius 1 is 0.949 bits per heavy atom. The summed E-state index contributed by atoms with van der Waals surface area (Å²) in [5.41, 5.74) is 1.01. The molecule has 192 valence electrons. The van der Waals surface area contributed by atoms with Gasteiger partial charge in [-0.05, 0) is 60.7 Å². The van der Waals surface area contributed by atoms with Crippen LogP contribution in [0.3, 0.4) is 0 Å². The van der Waals surface area contributed by atoms with Gasteiger partial charge < -0.3 is 9.73 Å². The van der Waals surface area contributed by atoms with Gasteiger partial charge >= 0.3 is 0 Å². The van der Waals surface area contributed by atoms with Gasteiger partial charge in [-0.25, -0.2) is 0 Å². The van der Waals surface area contributed by atoms with Crippen LogP contribution in [0.15, 0.2) is 94.1 Å². The monoisotopic (exact) mass is 591 g/mol. The van der Waals surface area contributed by atoms with Crippen molar-refractivity contribution >= 4 is 69.4 Å². The summed E-state index contributed by atoms with van der Waals surface area (Å²) in [6, 6.07) is 25.9. The second kappa shape index (κ2) is 11.4. The van der Waals surface area contributed by atoms with E-state index in [1.165, 1.54) is 4.57 Å². The number of rotatable bonds is 5. The van der Waals surface area contributed by atoms with E-state index in [-0.39, 0.29) is 14.8 Å². The number of carbonyl (C=O) groups is 1. The van der Waals surface area contributed by atoms with Crippen LogP contribution in [0.2, 0.25) is 15.1 Å². The first-order chi connectivity index (χ1) is 18.8. The topological polar surface area (TPSA) is 88.0 Å². The number of carbonyl (C=O) groups excluding carboxylic acids is 1. The van der Waals surface area contributed by atoms with E-state index in [9.17, 15) is 14.9 Å². The summed E-state index contributed by atoms with van der Waals surface area (Å²) in [6.07, 6.45) is 1.57. The van der Waals surface area contributed by atoms with Crippen LogP contribution < -0.4 is 20.1 Å². The highest BCUT2D eigenvalue weighted by Gasteiger charge is 2.18. The van der Waals surface area contributed by atoms with Crippen molar-refractivity contribution in [2.45, 2.75) is 0 Å². The molecule has 0 aliphatic carbocycles. The van der Waals surface area contributed by atoms with E-state index in [1.807, 2.05) is 12.1 Å². The van der Waals surface area contributed by atoms with Crippen molar-refractivity contribution in [3.05, 3.63) is 125 Å². The summed E-state index contributed by atoms with van der Waals surface area (Å²) in [4.78, 5) is 26.8. The molecule has 3 aromatic carbocycles. The Kier molecular flexibility index (Phi) is 7.73. The van der Waals surface area contributed by atoms with Crippen molar-refractivity contribution < 1.29 is 9.21 Å². The Bertz CT molecular complexity index is 1940. The molecule has 0 saturated carbocycles. The zero-order valence-electron chi connectivity index (χ0n) is 19.8. The molecule has 0 unspecified atom stereocenters. The molecule has 5 aromatic rings. The fourth-order valence-corrected chi connectivity index (χ4v) is 5.35. The molecule has 0 aliphatic rings. The van der Waals surface area contributed by atoms with Crippen molar-refractivity contribution in [3.8, 4) is 23.1 Å². The number of hydrogen-bond acceptors (Lipinski definition) is 5. The van der Waals surface area contributed by atoms with Gasteiger partial charge in [0.2, 0.25) is 0 Å². The van der Waals surface area contributed by atoms with Gasteiger partial charge in [-0.2, -0.15) is 5.26 Å². The minimum absolute atomic E-state index is 0.177.